The lowest BCUT2D eigenvalue weighted by Crippen LogP contribution is -2.17. The maximum atomic E-state index is 10.6. The fourth-order valence-corrected chi connectivity index (χ4v) is 2.45. The molecule has 0 aliphatic heterocycles. The summed E-state index contributed by atoms with van der Waals surface area (Å²) in [4.78, 5) is 10.6. The van der Waals surface area contributed by atoms with Gasteiger partial charge in [-0.2, -0.15) is 0 Å². The third-order valence-electron chi connectivity index (χ3n) is 2.77. The van der Waals surface area contributed by atoms with E-state index in [1.807, 2.05) is 25.1 Å². The molecule has 1 rings (SSSR count). The van der Waals surface area contributed by atoms with Crippen LogP contribution in [0.1, 0.15) is 31.4 Å². The molecule has 0 saturated heterocycles. The minimum absolute atomic E-state index is 0.0417. The minimum Gasteiger partial charge on any atom is -0.496 e. The first-order chi connectivity index (χ1) is 8.43. The monoisotopic (exact) mass is 363 g/mol. The number of hydrogen-bond donors (Lipinski definition) is 2. The van der Waals surface area contributed by atoms with Crippen molar-refractivity contribution in [3.8, 4) is 5.75 Å². The quantitative estimate of drug-likeness (QED) is 0.763. The van der Waals surface area contributed by atoms with Gasteiger partial charge in [-0.05, 0) is 53.1 Å². The van der Waals surface area contributed by atoms with E-state index in [2.05, 4.69) is 22.6 Å². The minimum atomic E-state index is -0.788. The van der Waals surface area contributed by atoms with Crippen molar-refractivity contribution in [3.05, 3.63) is 27.3 Å². The number of benzene rings is 1. The number of nitrogens with two attached hydrogens (primary N) is 1. The van der Waals surface area contributed by atoms with Gasteiger partial charge in [0.05, 0.1) is 7.11 Å². The number of carbonyl (C=O) groups is 1. The molecule has 1 aromatic carbocycles. The van der Waals surface area contributed by atoms with E-state index < -0.39 is 5.97 Å². The molecule has 0 spiro atoms. The number of carboxylic acids is 1. The summed E-state index contributed by atoms with van der Waals surface area (Å²) in [6, 6.07) is 5.62. The van der Waals surface area contributed by atoms with Gasteiger partial charge in [0.2, 0.25) is 0 Å². The molecule has 5 heteroatoms. The number of hydrogen-bond acceptors (Lipinski definition) is 3. The van der Waals surface area contributed by atoms with E-state index in [-0.39, 0.29) is 18.4 Å². The molecule has 18 heavy (non-hydrogen) atoms. The Morgan fingerprint density at radius 3 is 2.78 bits per heavy atom. The van der Waals surface area contributed by atoms with Crippen LogP contribution in [0.25, 0.3) is 0 Å². The van der Waals surface area contributed by atoms with E-state index in [4.69, 9.17) is 15.6 Å². The second-order valence-electron chi connectivity index (χ2n) is 4.43. The highest BCUT2D eigenvalue weighted by molar-refractivity contribution is 14.1. The fourth-order valence-electron chi connectivity index (χ4n) is 1.94. The zero-order chi connectivity index (χ0) is 13.7. The summed E-state index contributed by atoms with van der Waals surface area (Å²) in [6.45, 7) is 1.90. The second kappa shape index (κ2) is 6.94. The highest BCUT2D eigenvalue weighted by Gasteiger charge is 2.17. The molecule has 0 fully saturated rings. The van der Waals surface area contributed by atoms with Crippen molar-refractivity contribution >= 4 is 28.6 Å². The van der Waals surface area contributed by atoms with Crippen LogP contribution in [0.3, 0.4) is 0 Å². The summed E-state index contributed by atoms with van der Waals surface area (Å²) in [6.07, 6.45) is 0.767. The van der Waals surface area contributed by atoms with Gasteiger partial charge in [0.1, 0.15) is 5.75 Å². The van der Waals surface area contributed by atoms with Crippen LogP contribution >= 0.6 is 22.6 Å². The van der Waals surface area contributed by atoms with Gasteiger partial charge in [-0.1, -0.05) is 6.92 Å². The summed E-state index contributed by atoms with van der Waals surface area (Å²) >= 11 is 2.22. The Kier molecular flexibility index (Phi) is 5.87. The van der Waals surface area contributed by atoms with Gasteiger partial charge >= 0.3 is 5.97 Å². The average Bonchev–Trinajstić information content (AvgIpc) is 2.27. The lowest BCUT2D eigenvalue weighted by Gasteiger charge is -2.19. The molecule has 4 nitrogen and oxygen atoms in total. The number of methoxy groups -OCH3 is 1. The van der Waals surface area contributed by atoms with E-state index in [0.717, 1.165) is 14.9 Å². The van der Waals surface area contributed by atoms with Gasteiger partial charge in [-0.25, -0.2) is 0 Å². The molecule has 1 aromatic rings. The summed E-state index contributed by atoms with van der Waals surface area (Å²) in [5, 5.41) is 8.75. The predicted octanol–water partition coefficient (Wildman–Crippen LogP) is 2.80. The Bertz CT molecular complexity index is 423. The van der Waals surface area contributed by atoms with Crippen LogP contribution in [0.5, 0.6) is 5.75 Å². The highest BCUT2D eigenvalue weighted by atomic mass is 127. The fraction of sp³-hybridized carbons (Fsp3) is 0.462. The lowest BCUT2D eigenvalue weighted by molar-refractivity contribution is -0.138. The maximum Gasteiger partial charge on any atom is 0.303 e. The zero-order valence-corrected chi connectivity index (χ0v) is 12.7. The van der Waals surface area contributed by atoms with Crippen molar-refractivity contribution in [2.24, 2.45) is 11.7 Å². The van der Waals surface area contributed by atoms with Gasteiger partial charge in [0, 0.05) is 21.6 Å². The molecule has 2 unspecified atom stereocenters. The lowest BCUT2D eigenvalue weighted by atomic mass is 9.94. The summed E-state index contributed by atoms with van der Waals surface area (Å²) in [5.74, 6) is 0.00909. The van der Waals surface area contributed by atoms with E-state index in [0.29, 0.717) is 6.42 Å². The van der Waals surface area contributed by atoms with Gasteiger partial charge in [-0.3, -0.25) is 4.79 Å². The summed E-state index contributed by atoms with van der Waals surface area (Å²) < 4.78 is 6.37. The zero-order valence-electron chi connectivity index (χ0n) is 10.5. The van der Waals surface area contributed by atoms with Crippen LogP contribution in [0.4, 0.5) is 0 Å². The van der Waals surface area contributed by atoms with E-state index in [9.17, 15) is 4.79 Å². The Morgan fingerprint density at radius 2 is 2.22 bits per heavy atom. The standard InChI is InChI=1S/C13H18INO3/c1-8(6-13(16)17)5-11(15)10-7-9(14)3-4-12(10)18-2/h3-4,7-8,11H,5-6,15H2,1-2H3,(H,16,17). The summed E-state index contributed by atoms with van der Waals surface area (Å²) in [7, 11) is 1.61. The molecule has 0 aliphatic carbocycles. The van der Waals surface area contributed by atoms with Crippen LogP contribution in [0.2, 0.25) is 0 Å². The molecule has 0 aromatic heterocycles. The second-order valence-corrected chi connectivity index (χ2v) is 5.68. The summed E-state index contributed by atoms with van der Waals surface area (Å²) in [5.41, 5.74) is 7.07. The first-order valence-electron chi connectivity index (χ1n) is 5.74. The van der Waals surface area contributed by atoms with E-state index in [1.165, 1.54) is 0 Å². The Morgan fingerprint density at radius 1 is 1.56 bits per heavy atom. The van der Waals surface area contributed by atoms with Crippen molar-refractivity contribution in [1.82, 2.24) is 0 Å². The third-order valence-corrected chi connectivity index (χ3v) is 3.44. The average molecular weight is 363 g/mol. The SMILES string of the molecule is COc1ccc(I)cc1C(N)CC(C)CC(=O)O. The molecule has 0 aliphatic rings. The molecule has 0 bridgehead atoms. The van der Waals surface area contributed by atoms with Crippen LogP contribution in [-0.4, -0.2) is 18.2 Å². The first-order valence-corrected chi connectivity index (χ1v) is 6.82. The first kappa shape index (κ1) is 15.2. The van der Waals surface area contributed by atoms with Gasteiger partial charge in [-0.15, -0.1) is 0 Å². The Labute approximate surface area is 121 Å². The Hall–Kier alpha value is -0.820. The van der Waals surface area contributed by atoms with Gasteiger partial charge in [0.15, 0.2) is 0 Å². The Balaban J connectivity index is 2.79. The number of aliphatic carboxylic acids is 1. The molecule has 3 N–H and O–H groups in total. The van der Waals surface area contributed by atoms with E-state index >= 15 is 0 Å². The van der Waals surface area contributed by atoms with Crippen LogP contribution in [-0.2, 0) is 4.79 Å². The van der Waals surface area contributed by atoms with Gasteiger partial charge < -0.3 is 15.6 Å². The smallest absolute Gasteiger partial charge is 0.303 e. The molecule has 0 amide bonds. The molecular weight excluding hydrogens is 345 g/mol. The predicted molar refractivity (Wildman–Crippen MR) is 78.7 cm³/mol. The molecule has 2 atom stereocenters. The number of halogens is 1. The molecule has 0 radical (unpaired) electrons. The molecule has 0 heterocycles. The van der Waals surface area contributed by atoms with E-state index in [1.54, 1.807) is 7.11 Å². The van der Waals surface area contributed by atoms with Gasteiger partial charge in [0.25, 0.3) is 0 Å². The third kappa shape index (κ3) is 4.45. The normalized spacial score (nSPS) is 14.0. The van der Waals surface area contributed by atoms with Crippen molar-refractivity contribution in [3.63, 3.8) is 0 Å². The van der Waals surface area contributed by atoms with Crippen molar-refractivity contribution in [2.45, 2.75) is 25.8 Å². The highest BCUT2D eigenvalue weighted by Crippen LogP contribution is 2.30. The van der Waals surface area contributed by atoms with Crippen LogP contribution < -0.4 is 10.5 Å². The number of carboxylic acid groups (broad SMARTS) is 1. The largest absolute Gasteiger partial charge is 0.496 e. The van der Waals surface area contributed by atoms with Crippen molar-refractivity contribution in [1.29, 1.82) is 0 Å². The molecular formula is C13H18INO3. The number of rotatable bonds is 6. The van der Waals surface area contributed by atoms with Crippen LogP contribution in [0.15, 0.2) is 18.2 Å². The molecule has 0 saturated carbocycles. The van der Waals surface area contributed by atoms with Crippen molar-refractivity contribution in [2.75, 3.05) is 7.11 Å². The number of ether oxygens (including phenoxy) is 1. The topological polar surface area (TPSA) is 72.5 Å². The molecule has 100 valence electrons. The maximum absolute atomic E-state index is 10.6. The van der Waals surface area contributed by atoms with Crippen molar-refractivity contribution < 1.29 is 14.6 Å². The van der Waals surface area contributed by atoms with Crippen LogP contribution in [0, 0.1) is 9.49 Å².